The summed E-state index contributed by atoms with van der Waals surface area (Å²) in [4.78, 5) is 12.7. The van der Waals surface area contributed by atoms with Crippen molar-refractivity contribution in [2.24, 2.45) is 0 Å². The summed E-state index contributed by atoms with van der Waals surface area (Å²) in [6, 6.07) is 0.866. The lowest BCUT2D eigenvalue weighted by Crippen LogP contribution is -2.68. The number of anilines is 1. The maximum absolute atomic E-state index is 14.5. The van der Waals surface area contributed by atoms with E-state index in [4.69, 9.17) is 4.52 Å². The van der Waals surface area contributed by atoms with Crippen LogP contribution in [0.4, 0.5) is 10.2 Å². The first-order valence-electron chi connectivity index (χ1n) is 8.07. The largest absolute Gasteiger partial charge is 0.361 e. The Bertz CT molecular complexity index is 706. The van der Waals surface area contributed by atoms with E-state index in [1.165, 1.54) is 6.33 Å². The first kappa shape index (κ1) is 14.6. The zero-order valence-corrected chi connectivity index (χ0v) is 13.4. The number of aromatic nitrogens is 3. The van der Waals surface area contributed by atoms with E-state index in [0.29, 0.717) is 30.0 Å². The molecule has 0 radical (unpaired) electrons. The highest BCUT2D eigenvalue weighted by Gasteiger charge is 2.45. The Hall–Kier alpha value is -2.02. The third-order valence-corrected chi connectivity index (χ3v) is 5.03. The number of rotatable bonds is 4. The topological polar surface area (TPSA) is 58.3 Å². The molecule has 3 fully saturated rings. The molecule has 0 N–H and O–H groups in total. The molecule has 2 bridgehead atoms. The van der Waals surface area contributed by atoms with Crippen LogP contribution in [-0.2, 0) is 13.0 Å². The molecule has 5 heterocycles. The molecule has 0 amide bonds. The zero-order chi connectivity index (χ0) is 16.0. The molecule has 0 aromatic carbocycles. The first-order chi connectivity index (χ1) is 11.2. The summed E-state index contributed by atoms with van der Waals surface area (Å²) in [5.74, 6) is 1.06. The Labute approximate surface area is 134 Å². The number of piperazine rings is 1. The summed E-state index contributed by atoms with van der Waals surface area (Å²) in [6.45, 7) is 6.30. The number of halogens is 1. The van der Waals surface area contributed by atoms with Gasteiger partial charge in [-0.3, -0.25) is 4.90 Å². The molecule has 3 aliphatic heterocycles. The van der Waals surface area contributed by atoms with Crippen molar-refractivity contribution in [2.75, 3.05) is 18.0 Å². The number of hydrogen-bond donors (Lipinski definition) is 0. The van der Waals surface area contributed by atoms with Gasteiger partial charge in [-0.15, -0.1) is 0 Å². The van der Waals surface area contributed by atoms with Crippen molar-refractivity contribution >= 4 is 5.82 Å². The SMILES string of the molecule is CCc1ncnc(N2CC3CC(C2)N3Cc2cnoc2C)c1F. The maximum Gasteiger partial charge on any atom is 0.187 e. The van der Waals surface area contributed by atoms with Gasteiger partial charge in [-0.1, -0.05) is 12.1 Å². The van der Waals surface area contributed by atoms with Crippen molar-refractivity contribution in [1.82, 2.24) is 20.0 Å². The third-order valence-electron chi connectivity index (χ3n) is 5.03. The van der Waals surface area contributed by atoms with Gasteiger partial charge in [-0.2, -0.15) is 0 Å². The van der Waals surface area contributed by atoms with Crippen LogP contribution < -0.4 is 4.90 Å². The van der Waals surface area contributed by atoms with Gasteiger partial charge < -0.3 is 9.42 Å². The average Bonchev–Trinajstić information content (AvgIpc) is 2.98. The quantitative estimate of drug-likeness (QED) is 0.859. The van der Waals surface area contributed by atoms with Gasteiger partial charge in [-0.05, 0) is 19.8 Å². The molecule has 2 atom stereocenters. The number of hydrogen-bond acceptors (Lipinski definition) is 6. The first-order valence-corrected chi connectivity index (χ1v) is 8.07. The molecule has 2 unspecified atom stereocenters. The highest BCUT2D eigenvalue weighted by molar-refractivity contribution is 5.43. The number of fused-ring (bicyclic) bond motifs is 2. The molecule has 2 aromatic rings. The molecule has 0 aliphatic carbocycles. The van der Waals surface area contributed by atoms with Crippen LogP contribution in [0, 0.1) is 12.7 Å². The predicted molar refractivity (Wildman–Crippen MR) is 82.6 cm³/mol. The lowest BCUT2D eigenvalue weighted by atomic mass is 9.87. The minimum absolute atomic E-state index is 0.266. The minimum atomic E-state index is -0.266. The van der Waals surface area contributed by atoms with Crippen molar-refractivity contribution < 1.29 is 8.91 Å². The van der Waals surface area contributed by atoms with E-state index in [-0.39, 0.29) is 5.82 Å². The lowest BCUT2D eigenvalue weighted by Gasteiger charge is -2.56. The fraction of sp³-hybridized carbons (Fsp3) is 0.562. The molecule has 122 valence electrons. The van der Waals surface area contributed by atoms with E-state index in [1.54, 1.807) is 6.20 Å². The molecule has 2 aromatic heterocycles. The average molecular weight is 317 g/mol. The van der Waals surface area contributed by atoms with E-state index < -0.39 is 0 Å². The van der Waals surface area contributed by atoms with Gasteiger partial charge in [-0.25, -0.2) is 14.4 Å². The standard InChI is InChI=1S/C16H20FN5O/c1-3-14-15(17)16(19-9-18-14)21-7-12-4-13(8-21)22(12)6-11-5-20-23-10(11)2/h5,9,12-13H,3-4,6-8H2,1-2H3. The van der Waals surface area contributed by atoms with Crippen molar-refractivity contribution in [3.05, 3.63) is 35.4 Å². The Morgan fingerprint density at radius 2 is 2.09 bits per heavy atom. The van der Waals surface area contributed by atoms with Crippen LogP contribution in [0.25, 0.3) is 0 Å². The van der Waals surface area contributed by atoms with Crippen LogP contribution in [0.15, 0.2) is 17.0 Å². The monoisotopic (exact) mass is 317 g/mol. The number of piperidine rings is 1. The summed E-state index contributed by atoms with van der Waals surface area (Å²) in [7, 11) is 0. The highest BCUT2D eigenvalue weighted by Crippen LogP contribution is 2.36. The van der Waals surface area contributed by atoms with Crippen molar-refractivity contribution in [3.63, 3.8) is 0 Å². The molecule has 23 heavy (non-hydrogen) atoms. The Balaban J connectivity index is 1.48. The van der Waals surface area contributed by atoms with Crippen molar-refractivity contribution in [2.45, 2.75) is 45.3 Å². The van der Waals surface area contributed by atoms with Crippen LogP contribution in [-0.4, -0.2) is 45.2 Å². The summed E-state index contributed by atoms with van der Waals surface area (Å²) < 4.78 is 19.6. The van der Waals surface area contributed by atoms with Crippen LogP contribution in [0.3, 0.4) is 0 Å². The Morgan fingerprint density at radius 1 is 1.30 bits per heavy atom. The molecule has 3 aliphatic rings. The maximum atomic E-state index is 14.5. The summed E-state index contributed by atoms with van der Waals surface area (Å²) in [6.07, 6.45) is 5.00. The van der Waals surface area contributed by atoms with E-state index in [2.05, 4.69) is 24.9 Å². The van der Waals surface area contributed by atoms with Gasteiger partial charge in [0.1, 0.15) is 12.1 Å². The zero-order valence-electron chi connectivity index (χ0n) is 13.4. The van der Waals surface area contributed by atoms with Gasteiger partial charge in [0.15, 0.2) is 11.6 Å². The lowest BCUT2D eigenvalue weighted by molar-refractivity contribution is -0.00922. The third kappa shape index (κ3) is 2.39. The van der Waals surface area contributed by atoms with E-state index in [9.17, 15) is 4.39 Å². The van der Waals surface area contributed by atoms with Crippen LogP contribution in [0.1, 0.15) is 30.4 Å². The van der Waals surface area contributed by atoms with Gasteiger partial charge >= 0.3 is 0 Å². The molecule has 6 nitrogen and oxygen atoms in total. The molecular weight excluding hydrogens is 297 g/mol. The Morgan fingerprint density at radius 3 is 2.74 bits per heavy atom. The fourth-order valence-electron chi connectivity index (χ4n) is 3.65. The predicted octanol–water partition coefficient (Wildman–Crippen LogP) is 1.94. The Kier molecular flexibility index (Phi) is 3.52. The fourth-order valence-corrected chi connectivity index (χ4v) is 3.65. The molecule has 0 spiro atoms. The van der Waals surface area contributed by atoms with Gasteiger partial charge in [0, 0.05) is 37.3 Å². The number of nitrogens with zero attached hydrogens (tertiary/aromatic N) is 5. The summed E-state index contributed by atoms with van der Waals surface area (Å²) >= 11 is 0. The number of aryl methyl sites for hydroxylation is 2. The second kappa shape index (κ2) is 5.56. The molecule has 7 heteroatoms. The van der Waals surface area contributed by atoms with Crippen LogP contribution in [0.2, 0.25) is 0 Å². The van der Waals surface area contributed by atoms with E-state index in [1.807, 2.05) is 13.8 Å². The van der Waals surface area contributed by atoms with Gasteiger partial charge in [0.2, 0.25) is 0 Å². The highest BCUT2D eigenvalue weighted by atomic mass is 19.1. The van der Waals surface area contributed by atoms with Gasteiger partial charge in [0.25, 0.3) is 0 Å². The minimum Gasteiger partial charge on any atom is -0.361 e. The van der Waals surface area contributed by atoms with E-state index >= 15 is 0 Å². The second-order valence-electron chi connectivity index (χ2n) is 6.34. The van der Waals surface area contributed by atoms with Crippen LogP contribution in [0.5, 0.6) is 0 Å². The second-order valence-corrected chi connectivity index (χ2v) is 6.34. The molecular formula is C16H20FN5O. The van der Waals surface area contributed by atoms with E-state index in [0.717, 1.165) is 37.4 Å². The molecule has 3 saturated heterocycles. The summed E-state index contributed by atoms with van der Waals surface area (Å²) in [5.41, 5.74) is 1.63. The molecule has 0 saturated carbocycles. The van der Waals surface area contributed by atoms with Crippen molar-refractivity contribution in [1.29, 1.82) is 0 Å². The summed E-state index contributed by atoms with van der Waals surface area (Å²) in [5, 5.41) is 3.84. The van der Waals surface area contributed by atoms with Crippen molar-refractivity contribution in [3.8, 4) is 0 Å². The van der Waals surface area contributed by atoms with Crippen LogP contribution >= 0.6 is 0 Å². The van der Waals surface area contributed by atoms with Gasteiger partial charge in [0.05, 0.1) is 11.9 Å². The smallest absolute Gasteiger partial charge is 0.187 e. The molecule has 5 rings (SSSR count). The normalized spacial score (nSPS) is 23.9.